The number of rotatable bonds is 4. The van der Waals surface area contributed by atoms with Crippen LogP contribution in [0.2, 0.25) is 0 Å². The lowest BCUT2D eigenvalue weighted by Gasteiger charge is -2.00. The minimum absolute atomic E-state index is 0.0754. The Kier molecular flexibility index (Phi) is 6.32. The lowest BCUT2D eigenvalue weighted by molar-refractivity contribution is 0.0894. The van der Waals surface area contributed by atoms with Crippen LogP contribution in [0.3, 0.4) is 0 Å². The third-order valence-electron chi connectivity index (χ3n) is 4.28. The van der Waals surface area contributed by atoms with Crippen LogP contribution in [0.5, 0.6) is 5.75 Å². The van der Waals surface area contributed by atoms with Gasteiger partial charge in [0.25, 0.3) is 0 Å². The van der Waals surface area contributed by atoms with Gasteiger partial charge in [-0.05, 0) is 11.5 Å². The van der Waals surface area contributed by atoms with Gasteiger partial charge in [0.1, 0.15) is 5.75 Å². The highest BCUT2D eigenvalue weighted by Gasteiger charge is 2.12. The molecule has 0 atom stereocenters. The third kappa shape index (κ3) is 4.92. The van der Waals surface area contributed by atoms with Crippen molar-refractivity contribution < 1.29 is 14.7 Å². The van der Waals surface area contributed by atoms with Gasteiger partial charge in [-0.2, -0.15) is 0 Å². The Morgan fingerprint density at radius 3 is 1.57 bits per heavy atom. The Labute approximate surface area is 163 Å². The van der Waals surface area contributed by atoms with E-state index in [1.54, 1.807) is 54.6 Å². The minimum Gasteiger partial charge on any atom is -0.507 e. The van der Waals surface area contributed by atoms with Crippen LogP contribution in [0.1, 0.15) is 27.1 Å². The van der Waals surface area contributed by atoms with Crippen LogP contribution in [0.25, 0.3) is 10.8 Å². The van der Waals surface area contributed by atoms with Crippen molar-refractivity contribution in [3.8, 4) is 5.75 Å². The maximum atomic E-state index is 11.8. The van der Waals surface area contributed by atoms with Gasteiger partial charge in [-0.3, -0.25) is 9.59 Å². The first-order valence-corrected chi connectivity index (χ1v) is 8.98. The summed E-state index contributed by atoms with van der Waals surface area (Å²) in [6.45, 7) is 0. The van der Waals surface area contributed by atoms with E-state index in [1.165, 1.54) is 0 Å². The highest BCUT2D eigenvalue weighted by molar-refractivity contribution is 6.13. The second kappa shape index (κ2) is 9.28. The van der Waals surface area contributed by atoms with Crippen LogP contribution in [0.4, 0.5) is 0 Å². The summed E-state index contributed by atoms with van der Waals surface area (Å²) in [7, 11) is 0. The first-order chi connectivity index (χ1) is 13.6. The molecule has 0 heterocycles. The van der Waals surface area contributed by atoms with Gasteiger partial charge >= 0.3 is 0 Å². The Balaban J connectivity index is 0.000000176. The number of hydrogen-bond donors (Lipinski definition) is 1. The molecule has 3 nitrogen and oxygen atoms in total. The third-order valence-corrected chi connectivity index (χ3v) is 4.28. The molecule has 28 heavy (non-hydrogen) atoms. The quantitative estimate of drug-likeness (QED) is 0.372. The van der Waals surface area contributed by atoms with Crippen molar-refractivity contribution in [1.82, 2.24) is 0 Å². The fourth-order valence-electron chi connectivity index (χ4n) is 2.81. The maximum Gasteiger partial charge on any atom is 0.170 e. The number of ketones is 2. The molecule has 0 spiro atoms. The molecular formula is C25H20O3. The summed E-state index contributed by atoms with van der Waals surface area (Å²) in [5.41, 5.74) is 1.16. The summed E-state index contributed by atoms with van der Waals surface area (Å²) in [5, 5.41) is 11.4. The van der Waals surface area contributed by atoms with Gasteiger partial charge in [0, 0.05) is 16.5 Å². The smallest absolute Gasteiger partial charge is 0.170 e. The molecule has 0 saturated carbocycles. The number of Topliss-reactive ketones (excluding diaryl/α,β-unsaturated/α-hetero) is 2. The Bertz CT molecular complexity index is 1020. The summed E-state index contributed by atoms with van der Waals surface area (Å²) in [6, 6.07) is 31.0. The Hall–Kier alpha value is -3.72. The maximum absolute atomic E-state index is 11.8. The Morgan fingerprint density at radius 1 is 0.571 bits per heavy atom. The van der Waals surface area contributed by atoms with Gasteiger partial charge < -0.3 is 5.11 Å². The molecule has 4 aromatic rings. The summed E-state index contributed by atoms with van der Waals surface area (Å²) < 4.78 is 0. The van der Waals surface area contributed by atoms with E-state index in [9.17, 15) is 14.7 Å². The van der Waals surface area contributed by atoms with Gasteiger partial charge in [-0.25, -0.2) is 0 Å². The predicted octanol–water partition coefficient (Wildman–Crippen LogP) is 5.69. The van der Waals surface area contributed by atoms with Gasteiger partial charge in [0.05, 0.1) is 6.42 Å². The lowest BCUT2D eigenvalue weighted by atomic mass is 10.0. The lowest BCUT2D eigenvalue weighted by Crippen LogP contribution is -2.08. The number of benzene rings is 4. The van der Waals surface area contributed by atoms with Crippen LogP contribution in [0, 0.1) is 0 Å². The number of fused-ring (bicyclic) bond motifs is 1. The van der Waals surface area contributed by atoms with E-state index in [0.717, 1.165) is 10.8 Å². The average Bonchev–Trinajstić information content (AvgIpc) is 2.76. The zero-order valence-electron chi connectivity index (χ0n) is 15.3. The van der Waals surface area contributed by atoms with Crippen molar-refractivity contribution >= 4 is 22.3 Å². The van der Waals surface area contributed by atoms with Gasteiger partial charge in [-0.1, -0.05) is 97.1 Å². The molecule has 1 N–H and O–H groups in total. The largest absolute Gasteiger partial charge is 0.507 e. The van der Waals surface area contributed by atoms with Gasteiger partial charge in [0.2, 0.25) is 0 Å². The van der Waals surface area contributed by atoms with Crippen molar-refractivity contribution in [3.05, 3.63) is 114 Å². The topological polar surface area (TPSA) is 54.4 Å². The molecular weight excluding hydrogens is 348 g/mol. The Morgan fingerprint density at radius 2 is 1.04 bits per heavy atom. The van der Waals surface area contributed by atoms with E-state index in [1.807, 2.05) is 48.5 Å². The summed E-state index contributed by atoms with van der Waals surface area (Å²) in [6.07, 6.45) is -0.0754. The van der Waals surface area contributed by atoms with E-state index >= 15 is 0 Å². The number of aromatic hydroxyl groups is 1. The summed E-state index contributed by atoms with van der Waals surface area (Å²) >= 11 is 0. The fraction of sp³-hybridized carbons (Fsp3) is 0.0400. The fourth-order valence-corrected chi connectivity index (χ4v) is 2.81. The standard InChI is InChI=1S/C15H12O2.C10H8O/c16-14(12-7-3-1-4-8-12)11-15(17)13-9-5-2-6-10-13;11-10-7-3-5-8-4-1-2-6-9(8)10/h1-10H,11H2;1-7,11H. The van der Waals surface area contributed by atoms with Crippen LogP contribution in [-0.2, 0) is 0 Å². The van der Waals surface area contributed by atoms with Gasteiger partial charge in [0.15, 0.2) is 11.6 Å². The monoisotopic (exact) mass is 368 g/mol. The van der Waals surface area contributed by atoms with E-state index in [-0.39, 0.29) is 18.0 Å². The van der Waals surface area contributed by atoms with Crippen molar-refractivity contribution in [2.24, 2.45) is 0 Å². The number of phenols is 1. The van der Waals surface area contributed by atoms with Crippen LogP contribution in [0.15, 0.2) is 103 Å². The minimum atomic E-state index is -0.139. The molecule has 0 radical (unpaired) electrons. The van der Waals surface area contributed by atoms with Crippen LogP contribution in [-0.4, -0.2) is 16.7 Å². The van der Waals surface area contributed by atoms with Gasteiger partial charge in [-0.15, -0.1) is 0 Å². The molecule has 0 unspecified atom stereocenters. The second-order valence-corrected chi connectivity index (χ2v) is 6.25. The van der Waals surface area contributed by atoms with E-state index in [4.69, 9.17) is 0 Å². The molecule has 0 bridgehead atoms. The first kappa shape index (κ1) is 19.1. The molecule has 0 aromatic heterocycles. The molecule has 3 heteroatoms. The van der Waals surface area contributed by atoms with Crippen LogP contribution < -0.4 is 0 Å². The van der Waals surface area contributed by atoms with Crippen molar-refractivity contribution in [3.63, 3.8) is 0 Å². The first-order valence-electron chi connectivity index (χ1n) is 8.98. The number of carbonyl (C=O) groups is 2. The van der Waals surface area contributed by atoms with Crippen molar-refractivity contribution in [2.45, 2.75) is 6.42 Å². The normalized spacial score (nSPS) is 10.0. The average molecular weight is 368 g/mol. The molecule has 0 saturated heterocycles. The highest BCUT2D eigenvalue weighted by Crippen LogP contribution is 2.22. The molecule has 4 aromatic carbocycles. The van der Waals surface area contributed by atoms with E-state index < -0.39 is 0 Å². The molecule has 0 amide bonds. The second-order valence-electron chi connectivity index (χ2n) is 6.25. The molecule has 0 fully saturated rings. The highest BCUT2D eigenvalue weighted by atomic mass is 16.3. The molecule has 0 aliphatic rings. The molecule has 138 valence electrons. The van der Waals surface area contributed by atoms with Crippen molar-refractivity contribution in [2.75, 3.05) is 0 Å². The number of carbonyl (C=O) groups excluding carboxylic acids is 2. The zero-order valence-corrected chi connectivity index (χ0v) is 15.3. The number of hydrogen-bond acceptors (Lipinski definition) is 3. The molecule has 0 aliphatic carbocycles. The van der Waals surface area contributed by atoms with Crippen molar-refractivity contribution in [1.29, 1.82) is 0 Å². The zero-order chi connectivity index (χ0) is 19.8. The summed E-state index contributed by atoms with van der Waals surface area (Å²) in [5.74, 6) is 0.0713. The number of phenolic OH excluding ortho intramolecular Hbond substituents is 1. The predicted molar refractivity (Wildman–Crippen MR) is 112 cm³/mol. The molecule has 4 rings (SSSR count). The van der Waals surface area contributed by atoms with E-state index in [0.29, 0.717) is 16.9 Å². The SMILES string of the molecule is O=C(CC(=O)c1ccccc1)c1ccccc1.Oc1cccc2ccccc12. The van der Waals surface area contributed by atoms with Crippen LogP contribution >= 0.6 is 0 Å². The molecule has 0 aliphatic heterocycles. The van der Waals surface area contributed by atoms with E-state index in [2.05, 4.69) is 0 Å². The summed E-state index contributed by atoms with van der Waals surface area (Å²) in [4.78, 5) is 23.6.